The molecule has 9 nitrogen and oxygen atoms in total. The first-order valence-corrected chi connectivity index (χ1v) is 9.60. The van der Waals surface area contributed by atoms with Gasteiger partial charge < -0.3 is 29.2 Å². The third kappa shape index (κ3) is 3.92. The quantitative estimate of drug-likeness (QED) is 0.390. The molecule has 2 N–H and O–H groups in total. The highest BCUT2D eigenvalue weighted by Gasteiger charge is 2.58. The lowest BCUT2D eigenvalue weighted by molar-refractivity contribution is -0.298. The van der Waals surface area contributed by atoms with E-state index >= 15 is 0 Å². The van der Waals surface area contributed by atoms with Gasteiger partial charge in [0.2, 0.25) is 0 Å². The summed E-state index contributed by atoms with van der Waals surface area (Å²) in [4.78, 5) is 36.1. The van der Waals surface area contributed by atoms with E-state index in [0.29, 0.717) is 6.42 Å². The SMILES string of the molecule is C=C(C)C(=O)O[C@@H]1C[C@@](C)(O)[C@]2(O)CC[C@@](C)(/C=C3/OC(=O)C(COC(C)=O)=C31)O2. The Hall–Kier alpha value is -2.49. The molecule has 30 heavy (non-hydrogen) atoms. The molecular weight excluding hydrogens is 396 g/mol. The van der Waals surface area contributed by atoms with Gasteiger partial charge in [0.05, 0.1) is 11.2 Å². The minimum absolute atomic E-state index is 0.0138. The summed E-state index contributed by atoms with van der Waals surface area (Å²) in [5, 5.41) is 22.1. The van der Waals surface area contributed by atoms with Crippen molar-refractivity contribution >= 4 is 17.9 Å². The Balaban J connectivity index is 2.17. The molecule has 0 aromatic carbocycles. The monoisotopic (exact) mass is 422 g/mol. The molecule has 0 radical (unpaired) electrons. The van der Waals surface area contributed by atoms with E-state index in [1.165, 1.54) is 26.8 Å². The van der Waals surface area contributed by atoms with Crippen LogP contribution in [0.5, 0.6) is 0 Å². The molecule has 0 spiro atoms. The van der Waals surface area contributed by atoms with E-state index < -0.39 is 47.6 Å². The van der Waals surface area contributed by atoms with Crippen molar-refractivity contribution in [1.29, 1.82) is 0 Å². The lowest BCUT2D eigenvalue weighted by Gasteiger charge is -2.40. The maximum absolute atomic E-state index is 12.5. The van der Waals surface area contributed by atoms with Crippen LogP contribution in [0.1, 0.15) is 47.0 Å². The minimum Gasteiger partial charge on any atom is -0.461 e. The van der Waals surface area contributed by atoms with Crippen LogP contribution in [-0.2, 0) is 33.3 Å². The molecule has 0 unspecified atom stereocenters. The van der Waals surface area contributed by atoms with Gasteiger partial charge in [-0.05, 0) is 33.3 Å². The molecule has 0 aromatic heterocycles. The van der Waals surface area contributed by atoms with Crippen LogP contribution in [0.15, 0.2) is 35.1 Å². The topological polar surface area (TPSA) is 129 Å². The van der Waals surface area contributed by atoms with Crippen LogP contribution in [0.2, 0.25) is 0 Å². The number of carbonyl (C=O) groups excluding carboxylic acids is 3. The van der Waals surface area contributed by atoms with Crippen LogP contribution in [0, 0.1) is 0 Å². The molecular formula is C21H26O9. The van der Waals surface area contributed by atoms with Gasteiger partial charge in [-0.25, -0.2) is 9.59 Å². The summed E-state index contributed by atoms with van der Waals surface area (Å²) >= 11 is 0. The number of rotatable bonds is 4. The standard InChI is InChI=1S/C21H26O9/c1-11(2)17(23)28-15-9-20(5,25)21(26)7-6-19(4,30-21)8-14-16(15)13(18(24)29-14)10-27-12(3)22/h8,15,25-26H,1,6-7,9-10H2,2-5H3/b14-8+/t15-,19+,20-,21+/m1/s1. The predicted molar refractivity (Wildman–Crippen MR) is 101 cm³/mol. The lowest BCUT2D eigenvalue weighted by Crippen LogP contribution is -2.54. The number of aliphatic hydroxyl groups is 2. The average molecular weight is 422 g/mol. The van der Waals surface area contributed by atoms with Crippen molar-refractivity contribution in [1.82, 2.24) is 0 Å². The van der Waals surface area contributed by atoms with E-state index in [0.717, 1.165) is 0 Å². The Kier molecular flexibility index (Phi) is 5.43. The van der Waals surface area contributed by atoms with Crippen LogP contribution < -0.4 is 0 Å². The van der Waals surface area contributed by atoms with E-state index in [4.69, 9.17) is 18.9 Å². The summed E-state index contributed by atoms with van der Waals surface area (Å²) < 4.78 is 21.7. The van der Waals surface area contributed by atoms with E-state index in [1.807, 2.05) is 0 Å². The second-order valence-corrected chi connectivity index (χ2v) is 8.42. The molecule has 1 saturated heterocycles. The number of fused-ring (bicyclic) bond motifs is 3. The van der Waals surface area contributed by atoms with Crippen molar-refractivity contribution < 1.29 is 43.5 Å². The fourth-order valence-electron chi connectivity index (χ4n) is 3.86. The Labute approximate surface area is 173 Å². The molecule has 0 saturated carbocycles. The smallest absolute Gasteiger partial charge is 0.343 e. The summed E-state index contributed by atoms with van der Waals surface area (Å²) in [6.07, 6.45) is 0.495. The molecule has 3 heterocycles. The zero-order valence-corrected chi connectivity index (χ0v) is 17.4. The molecule has 9 heteroatoms. The van der Waals surface area contributed by atoms with Crippen molar-refractivity contribution in [2.24, 2.45) is 0 Å². The van der Waals surface area contributed by atoms with Gasteiger partial charge in [0.15, 0.2) is 5.79 Å². The van der Waals surface area contributed by atoms with Crippen molar-refractivity contribution in [3.8, 4) is 0 Å². The van der Waals surface area contributed by atoms with E-state index in [-0.39, 0.29) is 35.3 Å². The van der Waals surface area contributed by atoms with Crippen molar-refractivity contribution in [3.05, 3.63) is 35.1 Å². The van der Waals surface area contributed by atoms with Crippen LogP contribution >= 0.6 is 0 Å². The fraction of sp³-hybridized carbons (Fsp3) is 0.571. The number of hydrogen-bond acceptors (Lipinski definition) is 9. The highest BCUT2D eigenvalue weighted by atomic mass is 16.7. The zero-order valence-electron chi connectivity index (χ0n) is 17.4. The van der Waals surface area contributed by atoms with E-state index in [2.05, 4.69) is 6.58 Å². The largest absolute Gasteiger partial charge is 0.461 e. The summed E-state index contributed by atoms with van der Waals surface area (Å²) in [7, 11) is 0. The molecule has 2 bridgehead atoms. The second kappa shape index (κ2) is 7.33. The maximum atomic E-state index is 12.5. The van der Waals surface area contributed by atoms with Crippen LogP contribution in [0.25, 0.3) is 0 Å². The van der Waals surface area contributed by atoms with Gasteiger partial charge in [0.1, 0.15) is 24.1 Å². The fourth-order valence-corrected chi connectivity index (χ4v) is 3.86. The molecule has 4 atom stereocenters. The Morgan fingerprint density at radius 3 is 2.53 bits per heavy atom. The normalized spacial score (nSPS) is 37.2. The summed E-state index contributed by atoms with van der Waals surface area (Å²) in [5.74, 6) is -3.96. The highest BCUT2D eigenvalue weighted by Crippen LogP contribution is 2.49. The van der Waals surface area contributed by atoms with Crippen molar-refractivity contribution in [2.75, 3.05) is 6.61 Å². The molecule has 0 aromatic rings. The zero-order chi connectivity index (χ0) is 22.5. The first kappa shape index (κ1) is 22.2. The third-order valence-corrected chi connectivity index (χ3v) is 5.60. The molecule has 1 fully saturated rings. The highest BCUT2D eigenvalue weighted by molar-refractivity contribution is 5.96. The number of ether oxygens (including phenoxy) is 4. The summed E-state index contributed by atoms with van der Waals surface area (Å²) in [6.45, 7) is 8.86. The molecule has 164 valence electrons. The van der Waals surface area contributed by atoms with Gasteiger partial charge in [-0.1, -0.05) is 6.58 Å². The van der Waals surface area contributed by atoms with Gasteiger partial charge in [-0.3, -0.25) is 4.79 Å². The lowest BCUT2D eigenvalue weighted by atomic mass is 9.82. The van der Waals surface area contributed by atoms with Crippen LogP contribution in [0.3, 0.4) is 0 Å². The predicted octanol–water partition coefficient (Wildman–Crippen LogP) is 1.19. The van der Waals surface area contributed by atoms with Gasteiger partial charge in [-0.15, -0.1) is 0 Å². The number of carbonyl (C=O) groups is 3. The molecule has 0 aliphatic carbocycles. The first-order valence-electron chi connectivity index (χ1n) is 9.60. The summed E-state index contributed by atoms with van der Waals surface area (Å²) in [6, 6.07) is 0. The van der Waals surface area contributed by atoms with Crippen LogP contribution in [0.4, 0.5) is 0 Å². The molecule has 3 aliphatic rings. The maximum Gasteiger partial charge on any atom is 0.343 e. The van der Waals surface area contributed by atoms with Gasteiger partial charge in [0.25, 0.3) is 0 Å². The van der Waals surface area contributed by atoms with Crippen molar-refractivity contribution in [2.45, 2.75) is 70.1 Å². The van der Waals surface area contributed by atoms with Crippen molar-refractivity contribution in [3.63, 3.8) is 0 Å². The second-order valence-electron chi connectivity index (χ2n) is 8.42. The minimum atomic E-state index is -1.91. The Morgan fingerprint density at radius 2 is 1.93 bits per heavy atom. The Bertz CT molecular complexity index is 881. The molecule has 0 amide bonds. The van der Waals surface area contributed by atoms with Gasteiger partial charge >= 0.3 is 17.9 Å². The van der Waals surface area contributed by atoms with E-state index in [9.17, 15) is 24.6 Å². The Morgan fingerprint density at radius 1 is 1.27 bits per heavy atom. The summed E-state index contributed by atoms with van der Waals surface area (Å²) in [5.41, 5.74) is -2.64. The average Bonchev–Trinajstić information content (AvgIpc) is 3.09. The van der Waals surface area contributed by atoms with Gasteiger partial charge in [-0.2, -0.15) is 0 Å². The number of hydrogen-bond donors (Lipinski definition) is 2. The molecule has 3 rings (SSSR count). The molecule has 3 aliphatic heterocycles. The van der Waals surface area contributed by atoms with Gasteiger partial charge in [0, 0.05) is 30.9 Å². The number of esters is 3. The van der Waals surface area contributed by atoms with E-state index in [1.54, 1.807) is 6.92 Å². The third-order valence-electron chi connectivity index (χ3n) is 5.60. The van der Waals surface area contributed by atoms with Crippen LogP contribution in [-0.4, -0.2) is 57.8 Å². The first-order chi connectivity index (χ1) is 13.8.